The highest BCUT2D eigenvalue weighted by molar-refractivity contribution is 5.16. The first kappa shape index (κ1) is 12.5. The lowest BCUT2D eigenvalue weighted by Crippen LogP contribution is -2.48. The van der Waals surface area contributed by atoms with Gasteiger partial charge in [0, 0.05) is 26.2 Å². The van der Waals surface area contributed by atoms with Gasteiger partial charge in [0.1, 0.15) is 5.82 Å². The molecule has 1 aromatic carbocycles. The minimum Gasteiger partial charge on any atom is -0.371 e. The summed E-state index contributed by atoms with van der Waals surface area (Å²) in [6.45, 7) is 5.17. The van der Waals surface area contributed by atoms with E-state index in [2.05, 4.69) is 11.8 Å². The first-order valence-corrected chi connectivity index (χ1v) is 5.99. The van der Waals surface area contributed by atoms with E-state index in [-0.39, 0.29) is 18.0 Å². The monoisotopic (exact) mass is 238 g/mol. The molecule has 1 fully saturated rings. The Kier molecular flexibility index (Phi) is 4.10. The number of benzene rings is 1. The van der Waals surface area contributed by atoms with Gasteiger partial charge in [-0.3, -0.25) is 4.90 Å². The zero-order chi connectivity index (χ0) is 12.3. The summed E-state index contributed by atoms with van der Waals surface area (Å²) in [5, 5.41) is 0. The summed E-state index contributed by atoms with van der Waals surface area (Å²) in [5.41, 5.74) is 6.76. The highest BCUT2D eigenvalue weighted by atomic mass is 19.1. The Balaban J connectivity index is 1.95. The average Bonchev–Trinajstić information content (AvgIpc) is 2.31. The van der Waals surface area contributed by atoms with E-state index in [1.54, 1.807) is 0 Å². The fourth-order valence-electron chi connectivity index (χ4n) is 2.25. The fourth-order valence-corrected chi connectivity index (χ4v) is 2.25. The van der Waals surface area contributed by atoms with Crippen molar-refractivity contribution in [2.75, 3.05) is 19.6 Å². The Hall–Kier alpha value is -0.970. The largest absolute Gasteiger partial charge is 0.371 e. The van der Waals surface area contributed by atoms with E-state index in [1.807, 2.05) is 12.1 Å². The number of nitrogens with two attached hydrogens (primary N) is 1. The Morgan fingerprint density at radius 2 is 2.06 bits per heavy atom. The summed E-state index contributed by atoms with van der Waals surface area (Å²) in [7, 11) is 0. The van der Waals surface area contributed by atoms with Gasteiger partial charge in [0.15, 0.2) is 0 Å². The number of morpholine rings is 1. The molecule has 0 spiro atoms. The molecule has 17 heavy (non-hydrogen) atoms. The van der Waals surface area contributed by atoms with Crippen LogP contribution in [0.3, 0.4) is 0 Å². The minimum absolute atomic E-state index is 0.110. The second kappa shape index (κ2) is 5.58. The van der Waals surface area contributed by atoms with Crippen LogP contribution in [-0.4, -0.2) is 36.7 Å². The quantitative estimate of drug-likeness (QED) is 0.864. The smallest absolute Gasteiger partial charge is 0.123 e. The molecule has 1 heterocycles. The Morgan fingerprint density at radius 1 is 1.35 bits per heavy atom. The molecule has 0 radical (unpaired) electrons. The SMILES string of the molecule is CC1CN(Cc2ccc(F)cc2)CC(CN)O1. The molecule has 1 aliphatic rings. The van der Waals surface area contributed by atoms with Gasteiger partial charge in [-0.1, -0.05) is 12.1 Å². The Bertz CT molecular complexity index is 355. The van der Waals surface area contributed by atoms with Crippen molar-refractivity contribution in [2.24, 2.45) is 5.73 Å². The molecule has 94 valence electrons. The molecule has 2 unspecified atom stereocenters. The van der Waals surface area contributed by atoms with Crippen molar-refractivity contribution in [3.63, 3.8) is 0 Å². The van der Waals surface area contributed by atoms with Crippen LogP contribution in [0.2, 0.25) is 0 Å². The molecule has 4 heteroatoms. The summed E-state index contributed by atoms with van der Waals surface area (Å²) in [4.78, 5) is 2.30. The predicted octanol–water partition coefficient (Wildman–Crippen LogP) is 1.37. The van der Waals surface area contributed by atoms with Crippen molar-refractivity contribution in [2.45, 2.75) is 25.7 Å². The Labute approximate surface area is 101 Å². The first-order chi connectivity index (χ1) is 8.17. The number of rotatable bonds is 3. The van der Waals surface area contributed by atoms with Crippen LogP contribution < -0.4 is 5.73 Å². The molecule has 2 N–H and O–H groups in total. The third-order valence-electron chi connectivity index (χ3n) is 2.98. The minimum atomic E-state index is -0.191. The second-order valence-electron chi connectivity index (χ2n) is 4.62. The summed E-state index contributed by atoms with van der Waals surface area (Å²) < 4.78 is 18.5. The number of ether oxygens (including phenoxy) is 1. The van der Waals surface area contributed by atoms with Crippen LogP contribution in [-0.2, 0) is 11.3 Å². The van der Waals surface area contributed by atoms with Crippen LogP contribution in [0.5, 0.6) is 0 Å². The van der Waals surface area contributed by atoms with E-state index < -0.39 is 0 Å². The first-order valence-electron chi connectivity index (χ1n) is 5.99. The molecule has 0 saturated carbocycles. The molecule has 0 aromatic heterocycles. The van der Waals surface area contributed by atoms with E-state index in [0.717, 1.165) is 25.2 Å². The molecule has 2 atom stereocenters. The van der Waals surface area contributed by atoms with Gasteiger partial charge in [0.05, 0.1) is 12.2 Å². The van der Waals surface area contributed by atoms with Gasteiger partial charge >= 0.3 is 0 Å². The maximum Gasteiger partial charge on any atom is 0.123 e. The fraction of sp³-hybridized carbons (Fsp3) is 0.538. The standard InChI is InChI=1S/C13H19FN2O/c1-10-7-16(9-13(6-15)17-10)8-11-2-4-12(14)5-3-11/h2-5,10,13H,6-9,15H2,1H3. The van der Waals surface area contributed by atoms with Gasteiger partial charge in [-0.25, -0.2) is 4.39 Å². The molecule has 0 aliphatic carbocycles. The molecular weight excluding hydrogens is 219 g/mol. The highest BCUT2D eigenvalue weighted by Gasteiger charge is 2.23. The summed E-state index contributed by atoms with van der Waals surface area (Å²) in [5.74, 6) is -0.191. The van der Waals surface area contributed by atoms with Crippen LogP contribution in [0.15, 0.2) is 24.3 Å². The Morgan fingerprint density at radius 3 is 2.71 bits per heavy atom. The number of hydrogen-bond donors (Lipinski definition) is 1. The topological polar surface area (TPSA) is 38.5 Å². The third kappa shape index (κ3) is 3.49. The lowest BCUT2D eigenvalue weighted by molar-refractivity contribution is -0.0745. The second-order valence-corrected chi connectivity index (χ2v) is 4.62. The number of nitrogens with zero attached hydrogens (tertiary/aromatic N) is 1. The van der Waals surface area contributed by atoms with Crippen LogP contribution in [0.25, 0.3) is 0 Å². The van der Waals surface area contributed by atoms with Gasteiger partial charge in [-0.05, 0) is 24.6 Å². The average molecular weight is 238 g/mol. The predicted molar refractivity (Wildman–Crippen MR) is 65.1 cm³/mol. The van der Waals surface area contributed by atoms with Gasteiger partial charge in [-0.15, -0.1) is 0 Å². The lowest BCUT2D eigenvalue weighted by atomic mass is 10.1. The molecule has 1 saturated heterocycles. The molecule has 2 rings (SSSR count). The van der Waals surface area contributed by atoms with Gasteiger partial charge < -0.3 is 10.5 Å². The molecule has 0 bridgehead atoms. The van der Waals surface area contributed by atoms with Crippen molar-refractivity contribution < 1.29 is 9.13 Å². The van der Waals surface area contributed by atoms with Gasteiger partial charge in [0.25, 0.3) is 0 Å². The van der Waals surface area contributed by atoms with Crippen molar-refractivity contribution in [3.05, 3.63) is 35.6 Å². The van der Waals surface area contributed by atoms with Gasteiger partial charge in [0.2, 0.25) is 0 Å². The maximum atomic E-state index is 12.8. The van der Waals surface area contributed by atoms with Crippen molar-refractivity contribution in [1.82, 2.24) is 4.90 Å². The third-order valence-corrected chi connectivity index (χ3v) is 2.98. The van der Waals surface area contributed by atoms with E-state index >= 15 is 0 Å². The van der Waals surface area contributed by atoms with E-state index in [1.165, 1.54) is 12.1 Å². The zero-order valence-electron chi connectivity index (χ0n) is 10.1. The summed E-state index contributed by atoms with van der Waals surface area (Å²) >= 11 is 0. The highest BCUT2D eigenvalue weighted by Crippen LogP contribution is 2.14. The van der Waals surface area contributed by atoms with E-state index in [4.69, 9.17) is 10.5 Å². The maximum absolute atomic E-state index is 12.8. The van der Waals surface area contributed by atoms with Crippen LogP contribution in [0.1, 0.15) is 12.5 Å². The molecular formula is C13H19FN2O. The normalized spacial score (nSPS) is 26.1. The summed E-state index contributed by atoms with van der Waals surface area (Å²) in [6.07, 6.45) is 0.317. The number of halogens is 1. The van der Waals surface area contributed by atoms with Crippen LogP contribution in [0, 0.1) is 5.82 Å². The van der Waals surface area contributed by atoms with Crippen molar-refractivity contribution in [1.29, 1.82) is 0 Å². The zero-order valence-corrected chi connectivity index (χ0v) is 10.1. The lowest BCUT2D eigenvalue weighted by Gasteiger charge is -2.36. The van der Waals surface area contributed by atoms with Crippen molar-refractivity contribution in [3.8, 4) is 0 Å². The number of hydrogen-bond acceptors (Lipinski definition) is 3. The molecule has 0 amide bonds. The molecule has 1 aliphatic heterocycles. The molecule has 1 aromatic rings. The van der Waals surface area contributed by atoms with Crippen LogP contribution >= 0.6 is 0 Å². The summed E-state index contributed by atoms with van der Waals surface area (Å²) in [6, 6.07) is 6.65. The van der Waals surface area contributed by atoms with Crippen molar-refractivity contribution >= 4 is 0 Å². The van der Waals surface area contributed by atoms with Gasteiger partial charge in [-0.2, -0.15) is 0 Å². The molecule has 3 nitrogen and oxygen atoms in total. The van der Waals surface area contributed by atoms with Crippen LogP contribution in [0.4, 0.5) is 4.39 Å². The van der Waals surface area contributed by atoms with E-state index in [9.17, 15) is 4.39 Å². The van der Waals surface area contributed by atoms with E-state index in [0.29, 0.717) is 6.54 Å².